The van der Waals surface area contributed by atoms with Crippen LogP contribution in [0.25, 0.3) is 0 Å². The Morgan fingerprint density at radius 1 is 1.40 bits per heavy atom. The lowest BCUT2D eigenvalue weighted by Crippen LogP contribution is -2.38. The van der Waals surface area contributed by atoms with Crippen LogP contribution in [0.15, 0.2) is 28.9 Å². The first-order valence-electron chi connectivity index (χ1n) is 9.47. The maximum Gasteiger partial charge on any atom is 0.223 e. The maximum absolute atomic E-state index is 12.7. The van der Waals surface area contributed by atoms with Crippen LogP contribution in [0.5, 0.6) is 0 Å². The van der Waals surface area contributed by atoms with Crippen molar-refractivity contribution < 1.29 is 9.21 Å². The summed E-state index contributed by atoms with van der Waals surface area (Å²) >= 11 is 0. The smallest absolute Gasteiger partial charge is 0.223 e. The first-order valence-corrected chi connectivity index (χ1v) is 9.47. The SMILES string of the molecule is Cc1cnn(C[C@@H]2CCCN2C(=O)CCc2ccc([C@H]3C[C@H]3C)o2)c1. The molecule has 1 aliphatic carbocycles. The fourth-order valence-corrected chi connectivity index (χ4v) is 3.96. The number of furan rings is 1. The Balaban J connectivity index is 1.31. The van der Waals surface area contributed by atoms with Gasteiger partial charge in [-0.05, 0) is 49.8 Å². The van der Waals surface area contributed by atoms with E-state index in [-0.39, 0.29) is 11.9 Å². The van der Waals surface area contributed by atoms with Crippen molar-refractivity contribution in [2.45, 2.75) is 64.5 Å². The third-order valence-electron chi connectivity index (χ3n) is 5.60. The van der Waals surface area contributed by atoms with E-state index in [1.54, 1.807) is 0 Å². The van der Waals surface area contributed by atoms with Gasteiger partial charge in [-0.1, -0.05) is 6.92 Å². The van der Waals surface area contributed by atoms with Crippen molar-refractivity contribution in [3.05, 3.63) is 41.6 Å². The lowest BCUT2D eigenvalue weighted by Gasteiger charge is -2.24. The minimum atomic E-state index is 0.240. The van der Waals surface area contributed by atoms with Gasteiger partial charge >= 0.3 is 0 Å². The van der Waals surface area contributed by atoms with E-state index in [1.165, 1.54) is 6.42 Å². The Bertz CT molecular complexity index is 748. The molecule has 5 heteroatoms. The second kappa shape index (κ2) is 6.70. The summed E-state index contributed by atoms with van der Waals surface area (Å²) in [4.78, 5) is 14.7. The molecule has 1 amide bonds. The van der Waals surface area contributed by atoms with Crippen molar-refractivity contribution in [2.75, 3.05) is 6.54 Å². The quantitative estimate of drug-likeness (QED) is 0.807. The first kappa shape index (κ1) is 16.4. The number of nitrogens with zero attached hydrogens (tertiary/aromatic N) is 3. The molecule has 1 saturated heterocycles. The second-order valence-corrected chi connectivity index (χ2v) is 7.75. The zero-order valence-electron chi connectivity index (χ0n) is 15.1. The van der Waals surface area contributed by atoms with Crippen LogP contribution in [0.3, 0.4) is 0 Å². The molecule has 2 aromatic rings. The highest BCUT2D eigenvalue weighted by molar-refractivity contribution is 5.77. The minimum absolute atomic E-state index is 0.240. The van der Waals surface area contributed by atoms with Gasteiger partial charge in [0.1, 0.15) is 11.5 Å². The van der Waals surface area contributed by atoms with Gasteiger partial charge in [0.05, 0.1) is 18.8 Å². The molecule has 2 aliphatic rings. The predicted molar refractivity (Wildman–Crippen MR) is 95.3 cm³/mol. The van der Waals surface area contributed by atoms with Crippen molar-refractivity contribution in [2.24, 2.45) is 5.92 Å². The van der Waals surface area contributed by atoms with Crippen molar-refractivity contribution in [1.29, 1.82) is 0 Å². The predicted octanol–water partition coefficient (Wildman–Crippen LogP) is 3.53. The van der Waals surface area contributed by atoms with Gasteiger partial charge in [0.25, 0.3) is 0 Å². The first-order chi connectivity index (χ1) is 12.1. The van der Waals surface area contributed by atoms with Crippen LogP contribution in [0, 0.1) is 12.8 Å². The molecule has 1 aliphatic heterocycles. The number of hydrogen-bond donors (Lipinski definition) is 0. The number of carbonyl (C=O) groups excluding carboxylic acids is 1. The van der Waals surface area contributed by atoms with Crippen LogP contribution in [-0.4, -0.2) is 33.2 Å². The molecule has 0 unspecified atom stereocenters. The molecule has 2 aromatic heterocycles. The zero-order valence-corrected chi connectivity index (χ0v) is 15.1. The molecule has 0 spiro atoms. The number of likely N-dealkylation sites (tertiary alicyclic amines) is 1. The van der Waals surface area contributed by atoms with Crippen molar-refractivity contribution in [3.63, 3.8) is 0 Å². The number of carbonyl (C=O) groups is 1. The Labute approximate surface area is 149 Å². The molecule has 5 nitrogen and oxygen atoms in total. The third kappa shape index (κ3) is 3.65. The Kier molecular flexibility index (Phi) is 4.40. The molecule has 3 atom stereocenters. The fraction of sp³-hybridized carbons (Fsp3) is 0.600. The molecule has 134 valence electrons. The lowest BCUT2D eigenvalue weighted by atomic mass is 10.2. The van der Waals surface area contributed by atoms with E-state index >= 15 is 0 Å². The van der Waals surface area contributed by atoms with Crippen LogP contribution < -0.4 is 0 Å². The van der Waals surface area contributed by atoms with E-state index in [4.69, 9.17) is 4.42 Å². The van der Waals surface area contributed by atoms with Gasteiger partial charge in [-0.25, -0.2) is 0 Å². The van der Waals surface area contributed by atoms with E-state index in [9.17, 15) is 4.79 Å². The van der Waals surface area contributed by atoms with Gasteiger partial charge in [-0.3, -0.25) is 9.48 Å². The van der Waals surface area contributed by atoms with Gasteiger partial charge in [0, 0.05) is 31.5 Å². The highest BCUT2D eigenvalue weighted by Gasteiger charge is 2.36. The van der Waals surface area contributed by atoms with Crippen LogP contribution >= 0.6 is 0 Å². The summed E-state index contributed by atoms with van der Waals surface area (Å²) in [6.07, 6.45) is 8.52. The number of aryl methyl sites for hydroxylation is 2. The van der Waals surface area contributed by atoms with Crippen molar-refractivity contribution >= 4 is 5.91 Å². The van der Waals surface area contributed by atoms with Gasteiger partial charge in [-0.2, -0.15) is 5.10 Å². The number of hydrogen-bond acceptors (Lipinski definition) is 3. The van der Waals surface area contributed by atoms with Crippen LogP contribution in [0.4, 0.5) is 0 Å². The summed E-state index contributed by atoms with van der Waals surface area (Å²) in [5.41, 5.74) is 1.16. The topological polar surface area (TPSA) is 51.3 Å². The van der Waals surface area contributed by atoms with Crippen molar-refractivity contribution in [1.82, 2.24) is 14.7 Å². The number of amides is 1. The molecule has 0 radical (unpaired) electrons. The summed E-state index contributed by atoms with van der Waals surface area (Å²) in [5.74, 6) is 3.63. The summed E-state index contributed by atoms with van der Waals surface area (Å²) in [5, 5.41) is 4.36. The Morgan fingerprint density at radius 2 is 2.24 bits per heavy atom. The molecule has 0 bridgehead atoms. The summed E-state index contributed by atoms with van der Waals surface area (Å²) < 4.78 is 7.89. The lowest BCUT2D eigenvalue weighted by molar-refractivity contribution is -0.132. The Hall–Kier alpha value is -2.04. The second-order valence-electron chi connectivity index (χ2n) is 7.75. The van der Waals surface area contributed by atoms with E-state index < -0.39 is 0 Å². The maximum atomic E-state index is 12.7. The van der Waals surface area contributed by atoms with Gasteiger partial charge in [0.2, 0.25) is 5.91 Å². The molecule has 3 heterocycles. The molecule has 0 N–H and O–H groups in total. The molecule has 1 saturated carbocycles. The molecular weight excluding hydrogens is 314 g/mol. The molecule has 4 rings (SSSR count). The summed E-state index contributed by atoms with van der Waals surface area (Å²) in [7, 11) is 0. The molecule has 2 fully saturated rings. The third-order valence-corrected chi connectivity index (χ3v) is 5.60. The highest BCUT2D eigenvalue weighted by Crippen LogP contribution is 2.47. The normalized spacial score (nSPS) is 25.5. The highest BCUT2D eigenvalue weighted by atomic mass is 16.3. The molecule has 25 heavy (non-hydrogen) atoms. The average Bonchev–Trinajstić information content (AvgIpc) is 3.04. The van der Waals surface area contributed by atoms with E-state index in [2.05, 4.69) is 18.1 Å². The Morgan fingerprint density at radius 3 is 2.96 bits per heavy atom. The summed E-state index contributed by atoms with van der Waals surface area (Å²) in [6, 6.07) is 4.40. The summed E-state index contributed by atoms with van der Waals surface area (Å²) in [6.45, 7) is 5.96. The standard InChI is InChI=1S/C20H27N3O2/c1-14-11-21-22(12-14)13-16-4-3-9-23(16)20(24)8-6-17-5-7-19(25-17)18-10-15(18)2/h5,7,11-12,15-16,18H,3-4,6,8-10,13H2,1-2H3/t15-,16+,18+/m1/s1. The van der Waals surface area contributed by atoms with E-state index in [0.717, 1.165) is 48.9 Å². The van der Waals surface area contributed by atoms with Gasteiger partial charge in [0.15, 0.2) is 0 Å². The van der Waals surface area contributed by atoms with E-state index in [1.807, 2.05) is 35.0 Å². The van der Waals surface area contributed by atoms with Gasteiger partial charge < -0.3 is 9.32 Å². The van der Waals surface area contributed by atoms with Crippen LogP contribution in [0.1, 0.15) is 55.6 Å². The average molecular weight is 341 g/mol. The van der Waals surface area contributed by atoms with Crippen LogP contribution in [-0.2, 0) is 17.8 Å². The molecule has 0 aromatic carbocycles. The van der Waals surface area contributed by atoms with Crippen molar-refractivity contribution in [3.8, 4) is 0 Å². The fourth-order valence-electron chi connectivity index (χ4n) is 3.96. The zero-order chi connectivity index (χ0) is 17.4. The van der Waals surface area contributed by atoms with Gasteiger partial charge in [-0.15, -0.1) is 0 Å². The number of rotatable bonds is 6. The van der Waals surface area contributed by atoms with E-state index in [0.29, 0.717) is 18.8 Å². The van der Waals surface area contributed by atoms with Crippen LogP contribution in [0.2, 0.25) is 0 Å². The monoisotopic (exact) mass is 341 g/mol. The minimum Gasteiger partial charge on any atom is -0.466 e. The number of aromatic nitrogens is 2. The molecular formula is C20H27N3O2. The largest absolute Gasteiger partial charge is 0.466 e.